The summed E-state index contributed by atoms with van der Waals surface area (Å²) in [5, 5.41) is 3.34. The molecule has 1 N–H and O–H groups in total. The lowest BCUT2D eigenvalue weighted by Gasteiger charge is -2.41. The van der Waals surface area contributed by atoms with Crippen molar-refractivity contribution < 1.29 is 23.9 Å². The summed E-state index contributed by atoms with van der Waals surface area (Å²) >= 11 is 5.89. The fourth-order valence-corrected chi connectivity index (χ4v) is 3.28. The first-order valence-electron chi connectivity index (χ1n) is 8.98. The number of nitrogens with one attached hydrogen (secondary N) is 1. The maximum atomic E-state index is 12.8. The molecule has 0 unspecified atom stereocenters. The second kappa shape index (κ2) is 8.13. The Hall–Kier alpha value is -3.06. The number of benzene rings is 2. The highest BCUT2D eigenvalue weighted by molar-refractivity contribution is 6.30. The number of anilines is 2. The van der Waals surface area contributed by atoms with E-state index >= 15 is 0 Å². The van der Waals surface area contributed by atoms with E-state index in [1.54, 1.807) is 63.2 Å². The minimum Gasteiger partial charge on any atom is -0.482 e. The molecule has 2 aromatic carbocycles. The SMILES string of the molecule is Cc1cc(Cl)ccc1OCC(=O)OCC(=O)N1c2ccccc2NC(=O)C1(C)C. The average Bonchev–Trinajstić information content (AvgIpc) is 2.66. The third-order valence-corrected chi connectivity index (χ3v) is 4.83. The predicted octanol–water partition coefficient (Wildman–Crippen LogP) is 3.33. The molecule has 1 aliphatic heterocycles. The summed E-state index contributed by atoms with van der Waals surface area (Å²) in [6.07, 6.45) is 0. The van der Waals surface area contributed by atoms with Crippen molar-refractivity contribution in [1.29, 1.82) is 0 Å². The molecule has 0 radical (unpaired) electrons. The first-order valence-corrected chi connectivity index (χ1v) is 9.36. The van der Waals surface area contributed by atoms with Crippen LogP contribution < -0.4 is 15.0 Å². The molecule has 0 fully saturated rings. The van der Waals surface area contributed by atoms with Crippen molar-refractivity contribution in [2.24, 2.45) is 0 Å². The summed E-state index contributed by atoms with van der Waals surface area (Å²) in [6, 6.07) is 12.0. The van der Waals surface area contributed by atoms with Crippen LogP contribution >= 0.6 is 11.6 Å². The summed E-state index contributed by atoms with van der Waals surface area (Å²) < 4.78 is 10.5. The van der Waals surface area contributed by atoms with E-state index < -0.39 is 24.0 Å². The molecular formula is C21H21ClN2O5. The van der Waals surface area contributed by atoms with Crippen LogP contribution in [0.2, 0.25) is 5.02 Å². The standard InChI is InChI=1S/C21H21ClN2O5/c1-13-10-14(22)8-9-17(13)28-12-19(26)29-11-18(25)24-16-7-5-4-6-15(16)23-20(27)21(24,2)3/h4-10H,11-12H2,1-3H3,(H,23,27). The lowest BCUT2D eigenvalue weighted by atomic mass is 9.96. The maximum absolute atomic E-state index is 12.8. The molecule has 0 bridgehead atoms. The fraction of sp³-hybridized carbons (Fsp3) is 0.286. The van der Waals surface area contributed by atoms with Crippen LogP contribution in [-0.4, -0.2) is 36.5 Å². The van der Waals surface area contributed by atoms with E-state index in [4.69, 9.17) is 21.1 Å². The minimum absolute atomic E-state index is 0.322. The molecule has 0 saturated carbocycles. The monoisotopic (exact) mass is 416 g/mol. The minimum atomic E-state index is -1.13. The van der Waals surface area contributed by atoms with Gasteiger partial charge in [0.1, 0.15) is 11.3 Å². The number of rotatable bonds is 5. The van der Waals surface area contributed by atoms with E-state index in [2.05, 4.69) is 5.32 Å². The Morgan fingerprint density at radius 2 is 1.86 bits per heavy atom. The van der Waals surface area contributed by atoms with Gasteiger partial charge in [-0.15, -0.1) is 0 Å². The van der Waals surface area contributed by atoms with E-state index in [0.29, 0.717) is 22.1 Å². The number of ether oxygens (including phenoxy) is 2. The third kappa shape index (κ3) is 4.35. The van der Waals surface area contributed by atoms with Crippen LogP contribution in [0.5, 0.6) is 5.75 Å². The Labute approximate surface area is 173 Å². The molecule has 152 valence electrons. The first kappa shape index (κ1) is 20.7. The zero-order chi connectivity index (χ0) is 21.2. The van der Waals surface area contributed by atoms with Crippen molar-refractivity contribution >= 4 is 40.8 Å². The lowest BCUT2D eigenvalue weighted by molar-refractivity contribution is -0.150. The number of aryl methyl sites for hydroxylation is 1. The Kier molecular flexibility index (Phi) is 5.79. The Morgan fingerprint density at radius 3 is 2.59 bits per heavy atom. The first-order chi connectivity index (χ1) is 13.7. The Balaban J connectivity index is 1.64. The van der Waals surface area contributed by atoms with Gasteiger partial charge in [0.2, 0.25) is 5.91 Å². The van der Waals surface area contributed by atoms with Gasteiger partial charge in [0.25, 0.3) is 5.91 Å². The highest BCUT2D eigenvalue weighted by Crippen LogP contribution is 2.36. The van der Waals surface area contributed by atoms with E-state index in [-0.39, 0.29) is 12.5 Å². The maximum Gasteiger partial charge on any atom is 0.344 e. The summed E-state index contributed by atoms with van der Waals surface area (Å²) in [7, 11) is 0. The predicted molar refractivity (Wildman–Crippen MR) is 109 cm³/mol. The molecule has 7 nitrogen and oxygen atoms in total. The van der Waals surface area contributed by atoms with Crippen molar-refractivity contribution in [3.8, 4) is 5.75 Å². The highest BCUT2D eigenvalue weighted by atomic mass is 35.5. The molecule has 2 aromatic rings. The molecule has 3 rings (SSSR count). The highest BCUT2D eigenvalue weighted by Gasteiger charge is 2.43. The van der Waals surface area contributed by atoms with Gasteiger partial charge in [0.15, 0.2) is 13.2 Å². The molecule has 8 heteroatoms. The molecular weight excluding hydrogens is 396 g/mol. The fourth-order valence-electron chi connectivity index (χ4n) is 3.06. The molecule has 1 heterocycles. The van der Waals surface area contributed by atoms with Gasteiger partial charge >= 0.3 is 5.97 Å². The zero-order valence-electron chi connectivity index (χ0n) is 16.3. The van der Waals surface area contributed by atoms with Gasteiger partial charge in [-0.1, -0.05) is 23.7 Å². The van der Waals surface area contributed by atoms with Gasteiger partial charge in [-0.25, -0.2) is 4.79 Å². The van der Waals surface area contributed by atoms with Crippen LogP contribution in [-0.2, 0) is 19.1 Å². The van der Waals surface area contributed by atoms with Crippen LogP contribution in [0.1, 0.15) is 19.4 Å². The molecule has 0 spiro atoms. The summed E-state index contributed by atoms with van der Waals surface area (Å²) in [5.74, 6) is -1.02. The van der Waals surface area contributed by atoms with Crippen molar-refractivity contribution in [2.75, 3.05) is 23.4 Å². The molecule has 2 amide bonds. The smallest absolute Gasteiger partial charge is 0.344 e. The summed E-state index contributed by atoms with van der Waals surface area (Å²) in [5.41, 5.74) is 0.720. The van der Waals surface area contributed by atoms with Crippen LogP contribution in [0.4, 0.5) is 11.4 Å². The van der Waals surface area contributed by atoms with E-state index in [1.807, 2.05) is 0 Å². The number of para-hydroxylation sites is 2. The molecule has 0 atom stereocenters. The van der Waals surface area contributed by atoms with E-state index in [1.165, 1.54) is 4.90 Å². The quantitative estimate of drug-likeness (QED) is 0.755. The number of carbonyl (C=O) groups is 3. The lowest BCUT2D eigenvalue weighted by Crippen LogP contribution is -2.59. The number of amides is 2. The molecule has 1 aliphatic rings. The van der Waals surface area contributed by atoms with Gasteiger partial charge < -0.3 is 14.8 Å². The van der Waals surface area contributed by atoms with Crippen molar-refractivity contribution in [3.63, 3.8) is 0 Å². The van der Waals surface area contributed by atoms with Crippen LogP contribution in [0.15, 0.2) is 42.5 Å². The number of halogens is 1. The van der Waals surface area contributed by atoms with Crippen molar-refractivity contribution in [1.82, 2.24) is 0 Å². The molecule has 0 aliphatic carbocycles. The number of hydrogen-bond donors (Lipinski definition) is 1. The van der Waals surface area contributed by atoms with Crippen LogP contribution in [0, 0.1) is 6.92 Å². The average molecular weight is 417 g/mol. The number of carbonyl (C=O) groups excluding carboxylic acids is 3. The van der Waals surface area contributed by atoms with Gasteiger partial charge in [-0.05, 0) is 56.7 Å². The molecule has 0 aromatic heterocycles. The molecule has 0 saturated heterocycles. The van der Waals surface area contributed by atoms with Crippen LogP contribution in [0.3, 0.4) is 0 Å². The van der Waals surface area contributed by atoms with Crippen molar-refractivity contribution in [3.05, 3.63) is 53.1 Å². The van der Waals surface area contributed by atoms with E-state index in [0.717, 1.165) is 5.56 Å². The summed E-state index contributed by atoms with van der Waals surface area (Å²) in [4.78, 5) is 38.6. The van der Waals surface area contributed by atoms with Crippen molar-refractivity contribution in [2.45, 2.75) is 26.3 Å². The second-order valence-corrected chi connectivity index (χ2v) is 7.56. The molecule has 29 heavy (non-hydrogen) atoms. The number of fused-ring (bicyclic) bond motifs is 1. The number of nitrogens with zero attached hydrogens (tertiary/aromatic N) is 1. The van der Waals surface area contributed by atoms with Gasteiger partial charge in [0, 0.05) is 5.02 Å². The van der Waals surface area contributed by atoms with Crippen LogP contribution in [0.25, 0.3) is 0 Å². The zero-order valence-corrected chi connectivity index (χ0v) is 17.1. The van der Waals surface area contributed by atoms with Gasteiger partial charge in [-0.2, -0.15) is 0 Å². The number of hydrogen-bond acceptors (Lipinski definition) is 5. The largest absolute Gasteiger partial charge is 0.482 e. The number of esters is 1. The normalized spacial score (nSPS) is 14.6. The van der Waals surface area contributed by atoms with Gasteiger partial charge in [0.05, 0.1) is 11.4 Å². The van der Waals surface area contributed by atoms with E-state index in [9.17, 15) is 14.4 Å². The Bertz CT molecular complexity index is 973. The topological polar surface area (TPSA) is 84.9 Å². The Morgan fingerprint density at radius 1 is 1.14 bits per heavy atom. The van der Waals surface area contributed by atoms with Gasteiger partial charge in [-0.3, -0.25) is 14.5 Å². The third-order valence-electron chi connectivity index (χ3n) is 4.60. The second-order valence-electron chi connectivity index (χ2n) is 7.12. The summed E-state index contributed by atoms with van der Waals surface area (Å²) in [6.45, 7) is 4.20.